The number of aromatic nitrogens is 4. The zero-order valence-corrected chi connectivity index (χ0v) is 13.6. The molecular weight excluding hydrogens is 290 g/mol. The van der Waals surface area contributed by atoms with Gasteiger partial charge in [-0.05, 0) is 25.7 Å². The molecule has 1 saturated heterocycles. The van der Waals surface area contributed by atoms with E-state index in [0.29, 0.717) is 5.91 Å². The lowest BCUT2D eigenvalue weighted by atomic mass is 9.93. The molecule has 1 saturated carbocycles. The van der Waals surface area contributed by atoms with Gasteiger partial charge < -0.3 is 4.90 Å². The van der Waals surface area contributed by atoms with Crippen LogP contribution in [-0.2, 0) is 11.8 Å². The summed E-state index contributed by atoms with van der Waals surface area (Å²) >= 11 is 0. The van der Waals surface area contributed by atoms with Crippen LogP contribution in [0.3, 0.4) is 0 Å². The molecule has 2 fully saturated rings. The number of carbonyl (C=O) groups excluding carboxylic acids is 1. The van der Waals surface area contributed by atoms with E-state index in [-0.39, 0.29) is 11.8 Å². The number of rotatable bonds is 2. The Morgan fingerprint density at radius 1 is 1.13 bits per heavy atom. The number of amides is 1. The molecule has 0 aromatic carbocycles. The Hall–Kier alpha value is -1.98. The minimum atomic E-state index is 0.258. The highest BCUT2D eigenvalue weighted by Gasteiger charge is 2.32. The van der Waals surface area contributed by atoms with Crippen LogP contribution in [0.15, 0.2) is 12.4 Å². The topological polar surface area (TPSA) is 63.9 Å². The van der Waals surface area contributed by atoms with E-state index in [1.54, 1.807) is 17.1 Å². The molecule has 0 radical (unpaired) electrons. The summed E-state index contributed by atoms with van der Waals surface area (Å²) in [5.41, 5.74) is 2.71. The van der Waals surface area contributed by atoms with Crippen molar-refractivity contribution in [1.82, 2.24) is 24.6 Å². The summed E-state index contributed by atoms with van der Waals surface area (Å²) in [4.78, 5) is 23.6. The van der Waals surface area contributed by atoms with Gasteiger partial charge in [0.25, 0.3) is 0 Å². The summed E-state index contributed by atoms with van der Waals surface area (Å²) in [5.74, 6) is 0.891. The number of nitrogens with zero attached hydrogens (tertiary/aromatic N) is 5. The summed E-state index contributed by atoms with van der Waals surface area (Å²) in [6.07, 6.45) is 10.1. The van der Waals surface area contributed by atoms with Gasteiger partial charge >= 0.3 is 0 Å². The van der Waals surface area contributed by atoms with E-state index in [1.165, 1.54) is 12.8 Å². The smallest absolute Gasteiger partial charge is 0.225 e. The Bertz CT molecular complexity index is 719. The van der Waals surface area contributed by atoms with E-state index in [0.717, 1.165) is 55.6 Å². The first-order valence-electron chi connectivity index (χ1n) is 8.66. The van der Waals surface area contributed by atoms with Gasteiger partial charge in [-0.1, -0.05) is 12.8 Å². The van der Waals surface area contributed by atoms with Crippen LogP contribution >= 0.6 is 0 Å². The Labute approximate surface area is 135 Å². The third-order valence-corrected chi connectivity index (χ3v) is 5.31. The molecule has 1 amide bonds. The van der Waals surface area contributed by atoms with Crippen LogP contribution in [0.1, 0.15) is 50.1 Å². The molecule has 2 aromatic rings. The molecule has 0 N–H and O–H groups in total. The Morgan fingerprint density at radius 2 is 1.91 bits per heavy atom. The fourth-order valence-corrected chi connectivity index (χ4v) is 4.11. The zero-order chi connectivity index (χ0) is 15.8. The van der Waals surface area contributed by atoms with Crippen LogP contribution in [0.2, 0.25) is 0 Å². The third kappa shape index (κ3) is 2.60. The quantitative estimate of drug-likeness (QED) is 0.853. The van der Waals surface area contributed by atoms with Crippen LogP contribution in [-0.4, -0.2) is 43.6 Å². The fraction of sp³-hybridized carbons (Fsp3) is 0.647. The van der Waals surface area contributed by atoms with Crippen molar-refractivity contribution in [2.75, 3.05) is 13.1 Å². The molecule has 6 heteroatoms. The first-order valence-corrected chi connectivity index (χ1v) is 8.66. The first kappa shape index (κ1) is 14.6. The van der Waals surface area contributed by atoms with Crippen LogP contribution < -0.4 is 0 Å². The minimum Gasteiger partial charge on any atom is -0.342 e. The number of hydrogen-bond acceptors (Lipinski definition) is 4. The van der Waals surface area contributed by atoms with E-state index in [4.69, 9.17) is 0 Å². The predicted octanol–water partition coefficient (Wildman–Crippen LogP) is 2.26. The third-order valence-electron chi connectivity index (χ3n) is 5.31. The number of fused-ring (bicyclic) bond motifs is 1. The maximum Gasteiger partial charge on any atom is 0.225 e. The van der Waals surface area contributed by atoms with E-state index in [2.05, 4.69) is 20.0 Å². The van der Waals surface area contributed by atoms with Crippen molar-refractivity contribution in [2.24, 2.45) is 13.0 Å². The van der Waals surface area contributed by atoms with Gasteiger partial charge in [0.1, 0.15) is 5.52 Å². The van der Waals surface area contributed by atoms with Gasteiger partial charge in [-0.2, -0.15) is 5.10 Å². The average Bonchev–Trinajstić information content (AvgIpc) is 3.23. The fourth-order valence-electron chi connectivity index (χ4n) is 4.11. The van der Waals surface area contributed by atoms with Crippen LogP contribution in [0.4, 0.5) is 0 Å². The number of likely N-dealkylation sites (tertiary alicyclic amines) is 1. The Morgan fingerprint density at radius 3 is 2.74 bits per heavy atom. The molecule has 6 nitrogen and oxygen atoms in total. The van der Waals surface area contributed by atoms with Crippen molar-refractivity contribution in [2.45, 2.75) is 44.4 Å². The van der Waals surface area contributed by atoms with Crippen molar-refractivity contribution >= 4 is 17.1 Å². The van der Waals surface area contributed by atoms with Gasteiger partial charge in [0, 0.05) is 44.4 Å². The summed E-state index contributed by atoms with van der Waals surface area (Å²) in [5, 5.41) is 4.66. The van der Waals surface area contributed by atoms with Crippen molar-refractivity contribution in [3.05, 3.63) is 18.1 Å². The number of piperidine rings is 1. The molecule has 23 heavy (non-hydrogen) atoms. The molecule has 4 rings (SSSR count). The lowest BCUT2D eigenvalue weighted by molar-refractivity contribution is -0.136. The minimum absolute atomic E-state index is 0.258. The van der Waals surface area contributed by atoms with Crippen molar-refractivity contribution in [3.63, 3.8) is 0 Å². The second kappa shape index (κ2) is 5.91. The molecular formula is C17H23N5O. The predicted molar refractivity (Wildman–Crippen MR) is 86.8 cm³/mol. The lowest BCUT2D eigenvalue weighted by Gasteiger charge is -2.33. The summed E-state index contributed by atoms with van der Waals surface area (Å²) < 4.78 is 1.80. The highest BCUT2D eigenvalue weighted by Crippen LogP contribution is 2.32. The molecule has 2 aromatic heterocycles. The lowest BCUT2D eigenvalue weighted by Crippen LogP contribution is -2.42. The van der Waals surface area contributed by atoms with E-state index >= 15 is 0 Å². The van der Waals surface area contributed by atoms with Gasteiger partial charge in [-0.3, -0.25) is 4.79 Å². The second-order valence-corrected chi connectivity index (χ2v) is 6.84. The largest absolute Gasteiger partial charge is 0.342 e. The average molecular weight is 313 g/mol. The molecule has 122 valence electrons. The summed E-state index contributed by atoms with van der Waals surface area (Å²) in [6.45, 7) is 1.67. The SMILES string of the molecule is Cn1nc([C@H]2CCCN(C(=O)C3CCCC3)C2)c2nccnc21. The molecule has 1 aliphatic heterocycles. The standard InChI is InChI=1S/C17H23N5O/c1-21-16-15(18-8-9-19-16)14(20-21)13-7-4-10-22(11-13)17(23)12-5-2-3-6-12/h8-9,12-13H,2-7,10-11H2,1H3/t13-/m0/s1. The number of hydrogen-bond donors (Lipinski definition) is 0. The van der Waals surface area contributed by atoms with Crippen LogP contribution in [0, 0.1) is 5.92 Å². The number of aryl methyl sites for hydroxylation is 1. The van der Waals surface area contributed by atoms with E-state index in [1.807, 2.05) is 7.05 Å². The van der Waals surface area contributed by atoms with Gasteiger partial charge in [0.05, 0.1) is 5.69 Å². The van der Waals surface area contributed by atoms with Gasteiger partial charge in [-0.25, -0.2) is 14.6 Å². The Kier molecular flexibility index (Phi) is 3.75. The maximum atomic E-state index is 12.7. The van der Waals surface area contributed by atoms with Gasteiger partial charge in [-0.15, -0.1) is 0 Å². The Balaban J connectivity index is 1.58. The van der Waals surface area contributed by atoms with E-state index < -0.39 is 0 Å². The summed E-state index contributed by atoms with van der Waals surface area (Å²) in [7, 11) is 1.91. The molecule has 1 atom stereocenters. The molecule has 0 unspecified atom stereocenters. The summed E-state index contributed by atoms with van der Waals surface area (Å²) in [6, 6.07) is 0. The second-order valence-electron chi connectivity index (χ2n) is 6.84. The zero-order valence-electron chi connectivity index (χ0n) is 13.6. The molecule has 0 bridgehead atoms. The highest BCUT2D eigenvalue weighted by molar-refractivity contribution is 5.79. The van der Waals surface area contributed by atoms with Crippen molar-refractivity contribution < 1.29 is 4.79 Å². The van der Waals surface area contributed by atoms with Gasteiger partial charge in [0.2, 0.25) is 5.91 Å². The molecule has 2 aliphatic rings. The maximum absolute atomic E-state index is 12.7. The van der Waals surface area contributed by atoms with Crippen molar-refractivity contribution in [3.8, 4) is 0 Å². The van der Waals surface area contributed by atoms with Gasteiger partial charge in [0.15, 0.2) is 5.65 Å². The molecule has 0 spiro atoms. The monoisotopic (exact) mass is 313 g/mol. The van der Waals surface area contributed by atoms with Crippen LogP contribution in [0.25, 0.3) is 11.2 Å². The van der Waals surface area contributed by atoms with E-state index in [9.17, 15) is 4.79 Å². The first-order chi connectivity index (χ1) is 11.2. The molecule has 3 heterocycles. The number of carbonyl (C=O) groups is 1. The van der Waals surface area contributed by atoms with Crippen LogP contribution in [0.5, 0.6) is 0 Å². The van der Waals surface area contributed by atoms with Crippen molar-refractivity contribution in [1.29, 1.82) is 0 Å². The normalized spacial score (nSPS) is 22.8. The molecule has 1 aliphatic carbocycles. The highest BCUT2D eigenvalue weighted by atomic mass is 16.2.